The van der Waals surface area contributed by atoms with Crippen molar-refractivity contribution in [1.82, 2.24) is 0 Å². The van der Waals surface area contributed by atoms with Crippen molar-refractivity contribution in [2.45, 2.75) is 25.0 Å². The molecule has 0 saturated heterocycles. The zero-order chi connectivity index (χ0) is 14.2. The topological polar surface area (TPSA) is 40.5 Å². The number of hydrogen-bond acceptors (Lipinski definition) is 2. The highest BCUT2D eigenvalue weighted by atomic mass is 16.3. The summed E-state index contributed by atoms with van der Waals surface area (Å²) in [5.41, 5.74) is 1.70. The van der Waals surface area contributed by atoms with Gasteiger partial charge in [-0.1, -0.05) is 66.6 Å². The fourth-order valence-electron chi connectivity index (χ4n) is 1.94. The normalized spacial score (nSPS) is 13.1. The summed E-state index contributed by atoms with van der Waals surface area (Å²) in [7, 11) is 0. The van der Waals surface area contributed by atoms with Crippen LogP contribution in [-0.4, -0.2) is 10.2 Å². The van der Waals surface area contributed by atoms with Crippen molar-refractivity contribution in [2.24, 2.45) is 0 Å². The van der Waals surface area contributed by atoms with E-state index in [1.807, 2.05) is 60.7 Å². The first-order valence-corrected chi connectivity index (χ1v) is 6.72. The Bertz CT molecular complexity index is 567. The SMILES string of the molecule is OC(C#CCCC(O)c1ccccc1)c1ccccc1. The highest BCUT2D eigenvalue weighted by molar-refractivity contribution is 5.24. The van der Waals surface area contributed by atoms with Crippen molar-refractivity contribution in [3.05, 3.63) is 71.8 Å². The molecule has 0 aliphatic rings. The molecule has 0 fully saturated rings. The second-order valence-electron chi connectivity index (χ2n) is 4.60. The van der Waals surface area contributed by atoms with Gasteiger partial charge in [0.05, 0.1) is 6.10 Å². The summed E-state index contributed by atoms with van der Waals surface area (Å²) in [5.74, 6) is 5.72. The molecule has 2 rings (SSSR count). The lowest BCUT2D eigenvalue weighted by Crippen LogP contribution is -1.96. The molecule has 0 amide bonds. The minimum absolute atomic E-state index is 0.501. The summed E-state index contributed by atoms with van der Waals surface area (Å²) < 4.78 is 0. The van der Waals surface area contributed by atoms with E-state index in [9.17, 15) is 10.2 Å². The Morgan fingerprint density at radius 2 is 1.35 bits per heavy atom. The highest BCUT2D eigenvalue weighted by Gasteiger charge is 2.05. The Kier molecular flexibility index (Phi) is 5.37. The number of aliphatic hydroxyl groups is 2. The molecule has 2 aromatic rings. The summed E-state index contributed by atoms with van der Waals surface area (Å²) in [6.07, 6.45) is -0.136. The zero-order valence-corrected chi connectivity index (χ0v) is 11.2. The second-order valence-corrected chi connectivity index (χ2v) is 4.60. The van der Waals surface area contributed by atoms with E-state index in [1.54, 1.807) is 0 Å². The van der Waals surface area contributed by atoms with Crippen LogP contribution in [0.25, 0.3) is 0 Å². The maximum atomic E-state index is 9.97. The molecule has 2 heteroatoms. The molecule has 20 heavy (non-hydrogen) atoms. The van der Waals surface area contributed by atoms with Crippen molar-refractivity contribution in [2.75, 3.05) is 0 Å². The van der Waals surface area contributed by atoms with Crippen molar-refractivity contribution >= 4 is 0 Å². The van der Waals surface area contributed by atoms with Gasteiger partial charge in [0.15, 0.2) is 0 Å². The predicted octanol–water partition coefficient (Wildman–Crippen LogP) is 3.24. The van der Waals surface area contributed by atoms with E-state index in [0.29, 0.717) is 12.8 Å². The van der Waals surface area contributed by atoms with Gasteiger partial charge in [-0.3, -0.25) is 0 Å². The number of hydrogen-bond donors (Lipinski definition) is 2. The van der Waals surface area contributed by atoms with Crippen LogP contribution in [0.4, 0.5) is 0 Å². The molecule has 2 atom stereocenters. The van der Waals surface area contributed by atoms with Gasteiger partial charge in [-0.25, -0.2) is 0 Å². The lowest BCUT2D eigenvalue weighted by atomic mass is 10.0. The van der Waals surface area contributed by atoms with Gasteiger partial charge < -0.3 is 10.2 Å². The smallest absolute Gasteiger partial charge is 0.140 e. The minimum atomic E-state index is -0.759. The molecule has 0 aromatic heterocycles. The van der Waals surface area contributed by atoms with Gasteiger partial charge in [0.1, 0.15) is 6.10 Å². The predicted molar refractivity (Wildman–Crippen MR) is 79.8 cm³/mol. The quantitative estimate of drug-likeness (QED) is 0.834. The van der Waals surface area contributed by atoms with Crippen LogP contribution in [0.2, 0.25) is 0 Å². The summed E-state index contributed by atoms with van der Waals surface area (Å²) in [6.45, 7) is 0. The fraction of sp³-hybridized carbons (Fsp3) is 0.222. The summed E-state index contributed by atoms with van der Waals surface area (Å²) >= 11 is 0. The fourth-order valence-corrected chi connectivity index (χ4v) is 1.94. The highest BCUT2D eigenvalue weighted by Crippen LogP contribution is 2.17. The van der Waals surface area contributed by atoms with Crippen molar-refractivity contribution in [1.29, 1.82) is 0 Å². The van der Waals surface area contributed by atoms with Gasteiger partial charge in [-0.2, -0.15) is 0 Å². The summed E-state index contributed by atoms with van der Waals surface area (Å²) in [5, 5.41) is 19.8. The molecule has 0 bridgehead atoms. The third-order valence-electron chi connectivity index (χ3n) is 3.08. The number of aliphatic hydroxyl groups excluding tert-OH is 2. The zero-order valence-electron chi connectivity index (χ0n) is 11.2. The van der Waals surface area contributed by atoms with E-state index in [4.69, 9.17) is 0 Å². The van der Waals surface area contributed by atoms with Gasteiger partial charge in [-0.15, -0.1) is 5.92 Å². The summed E-state index contributed by atoms with van der Waals surface area (Å²) in [6, 6.07) is 18.9. The summed E-state index contributed by atoms with van der Waals surface area (Å²) in [4.78, 5) is 0. The molecule has 2 nitrogen and oxygen atoms in total. The first kappa shape index (κ1) is 14.3. The van der Waals surface area contributed by atoms with Gasteiger partial charge in [0.25, 0.3) is 0 Å². The van der Waals surface area contributed by atoms with Crippen LogP contribution in [0.5, 0.6) is 0 Å². The molecular weight excluding hydrogens is 248 g/mol. The second kappa shape index (κ2) is 7.49. The maximum Gasteiger partial charge on any atom is 0.140 e. The number of benzene rings is 2. The van der Waals surface area contributed by atoms with E-state index in [-0.39, 0.29) is 0 Å². The molecule has 0 spiro atoms. The molecule has 2 unspecified atom stereocenters. The Hall–Kier alpha value is -2.08. The standard InChI is InChI=1S/C18H18O2/c19-17(15-9-3-1-4-10-15)13-7-8-14-18(20)16-11-5-2-6-12-16/h1-6,9-12,17-20H,7,13H2. The van der Waals surface area contributed by atoms with Crippen molar-refractivity contribution in [3.8, 4) is 11.8 Å². The first-order valence-electron chi connectivity index (χ1n) is 6.72. The molecule has 2 aromatic carbocycles. The average molecular weight is 266 g/mol. The largest absolute Gasteiger partial charge is 0.388 e. The molecular formula is C18H18O2. The van der Waals surface area contributed by atoms with Crippen LogP contribution in [0.1, 0.15) is 36.2 Å². The van der Waals surface area contributed by atoms with Crippen LogP contribution in [0.15, 0.2) is 60.7 Å². The van der Waals surface area contributed by atoms with Gasteiger partial charge in [0.2, 0.25) is 0 Å². The molecule has 0 saturated carbocycles. The third-order valence-corrected chi connectivity index (χ3v) is 3.08. The monoisotopic (exact) mass is 266 g/mol. The lowest BCUT2D eigenvalue weighted by molar-refractivity contribution is 0.169. The van der Waals surface area contributed by atoms with E-state index in [0.717, 1.165) is 11.1 Å². The number of rotatable bonds is 4. The third kappa shape index (κ3) is 4.24. The van der Waals surface area contributed by atoms with E-state index in [1.165, 1.54) is 0 Å². The van der Waals surface area contributed by atoms with E-state index < -0.39 is 12.2 Å². The lowest BCUT2D eigenvalue weighted by Gasteiger charge is -2.08. The average Bonchev–Trinajstić information content (AvgIpc) is 2.53. The van der Waals surface area contributed by atoms with Gasteiger partial charge in [0, 0.05) is 6.42 Å². The molecule has 2 N–H and O–H groups in total. The molecule has 0 aliphatic heterocycles. The Labute approximate surface area is 119 Å². The Balaban J connectivity index is 1.83. The van der Waals surface area contributed by atoms with E-state index in [2.05, 4.69) is 11.8 Å². The van der Waals surface area contributed by atoms with Crippen LogP contribution in [-0.2, 0) is 0 Å². The van der Waals surface area contributed by atoms with Crippen molar-refractivity contribution < 1.29 is 10.2 Å². The van der Waals surface area contributed by atoms with Gasteiger partial charge >= 0.3 is 0 Å². The van der Waals surface area contributed by atoms with Crippen LogP contribution < -0.4 is 0 Å². The molecule has 102 valence electrons. The maximum absolute atomic E-state index is 9.97. The van der Waals surface area contributed by atoms with Crippen LogP contribution in [0, 0.1) is 11.8 Å². The molecule has 0 aliphatic carbocycles. The molecule has 0 heterocycles. The van der Waals surface area contributed by atoms with Crippen LogP contribution in [0.3, 0.4) is 0 Å². The minimum Gasteiger partial charge on any atom is -0.388 e. The van der Waals surface area contributed by atoms with Crippen molar-refractivity contribution in [3.63, 3.8) is 0 Å². The van der Waals surface area contributed by atoms with Crippen LogP contribution >= 0.6 is 0 Å². The first-order chi connectivity index (χ1) is 9.77. The van der Waals surface area contributed by atoms with Gasteiger partial charge in [-0.05, 0) is 17.5 Å². The Morgan fingerprint density at radius 1 is 0.800 bits per heavy atom. The molecule has 0 radical (unpaired) electrons. The Morgan fingerprint density at radius 3 is 1.95 bits per heavy atom. The van der Waals surface area contributed by atoms with E-state index >= 15 is 0 Å².